The Hall–Kier alpha value is -3.02. The van der Waals surface area contributed by atoms with E-state index in [2.05, 4.69) is 16.0 Å². The molecule has 0 saturated carbocycles. The number of aliphatic hydroxyl groups excluding tert-OH is 2. The Balaban J connectivity index is 3.10. The summed E-state index contributed by atoms with van der Waals surface area (Å²) < 4.78 is 0. The normalized spacial score (nSPS) is 17.3. The molecule has 1 rings (SSSR count). The number of hydrogen-bond acceptors (Lipinski definition) is 7. The second-order valence-corrected chi connectivity index (χ2v) is 8.45. The maximum absolute atomic E-state index is 13.0. The molecule has 0 aliphatic heterocycles. The van der Waals surface area contributed by atoms with Gasteiger partial charge in [-0.1, -0.05) is 50.6 Å². The molecule has 0 heterocycles. The first-order chi connectivity index (χ1) is 15.9. The third-order valence-electron chi connectivity index (χ3n) is 5.58. The van der Waals surface area contributed by atoms with E-state index in [4.69, 9.17) is 5.73 Å². The van der Waals surface area contributed by atoms with Gasteiger partial charge in [0.05, 0.1) is 18.2 Å². The van der Waals surface area contributed by atoms with Gasteiger partial charge in [-0.15, -0.1) is 0 Å². The van der Waals surface area contributed by atoms with Gasteiger partial charge in [-0.3, -0.25) is 14.4 Å². The SMILES string of the molecule is CCC(C)C(N)C(=O)NC(C(=O)NC(Cc1ccccc1)C(=O)NC(C(=O)O)C(C)O)C(C)O. The number of nitrogens with one attached hydrogen (secondary N) is 3. The van der Waals surface area contributed by atoms with E-state index in [1.807, 2.05) is 6.92 Å². The van der Waals surface area contributed by atoms with Gasteiger partial charge in [-0.05, 0) is 25.3 Å². The molecule has 0 fully saturated rings. The highest BCUT2D eigenvalue weighted by molar-refractivity contribution is 5.94. The van der Waals surface area contributed by atoms with Crippen molar-refractivity contribution in [1.82, 2.24) is 16.0 Å². The number of nitrogens with two attached hydrogens (primary N) is 1. The highest BCUT2D eigenvalue weighted by atomic mass is 16.4. The lowest BCUT2D eigenvalue weighted by Crippen LogP contribution is -2.61. The summed E-state index contributed by atoms with van der Waals surface area (Å²) in [7, 11) is 0. The van der Waals surface area contributed by atoms with Crippen LogP contribution in [0, 0.1) is 5.92 Å². The third-order valence-corrected chi connectivity index (χ3v) is 5.58. The van der Waals surface area contributed by atoms with Crippen LogP contribution in [0.5, 0.6) is 0 Å². The zero-order valence-electron chi connectivity index (χ0n) is 19.9. The van der Waals surface area contributed by atoms with E-state index in [1.54, 1.807) is 37.3 Å². The molecule has 0 saturated heterocycles. The molecule has 0 aliphatic carbocycles. The number of carboxylic acids is 1. The van der Waals surface area contributed by atoms with Crippen LogP contribution in [0.25, 0.3) is 0 Å². The number of aliphatic hydroxyl groups is 2. The van der Waals surface area contributed by atoms with Crippen molar-refractivity contribution in [2.24, 2.45) is 11.7 Å². The lowest BCUT2D eigenvalue weighted by molar-refractivity contribution is -0.145. The van der Waals surface area contributed by atoms with Gasteiger partial charge in [0.1, 0.15) is 12.1 Å². The summed E-state index contributed by atoms with van der Waals surface area (Å²) >= 11 is 0. The molecule has 0 aromatic heterocycles. The minimum atomic E-state index is -1.59. The van der Waals surface area contributed by atoms with E-state index < -0.39 is 60.1 Å². The standard InChI is InChI=1S/C23H36N4O7/c1-5-12(2)17(24)21(31)26-18(13(3)28)22(32)25-16(11-15-9-7-6-8-10-15)20(30)27-19(14(4)29)23(33)34/h6-10,12-14,16-19,28-29H,5,11,24H2,1-4H3,(H,25,32)(H,26,31)(H,27,30)(H,33,34). The van der Waals surface area contributed by atoms with Gasteiger partial charge < -0.3 is 37.0 Å². The number of rotatable bonds is 13. The van der Waals surface area contributed by atoms with Crippen LogP contribution in [-0.2, 0) is 25.6 Å². The van der Waals surface area contributed by atoms with Crippen LogP contribution in [0.2, 0.25) is 0 Å². The number of carbonyl (C=O) groups is 4. The topological polar surface area (TPSA) is 191 Å². The van der Waals surface area contributed by atoms with Gasteiger partial charge in [-0.2, -0.15) is 0 Å². The summed E-state index contributed by atoms with van der Waals surface area (Å²) in [5.41, 5.74) is 6.58. The van der Waals surface area contributed by atoms with E-state index in [0.29, 0.717) is 12.0 Å². The van der Waals surface area contributed by atoms with Crippen molar-refractivity contribution in [2.45, 2.75) is 76.9 Å². The second-order valence-electron chi connectivity index (χ2n) is 8.45. The van der Waals surface area contributed by atoms with Crippen LogP contribution in [0.15, 0.2) is 30.3 Å². The number of amides is 3. The number of aliphatic carboxylic acids is 1. The summed E-state index contributed by atoms with van der Waals surface area (Å²) in [6.45, 7) is 6.16. The van der Waals surface area contributed by atoms with E-state index in [0.717, 1.165) is 0 Å². The first-order valence-electron chi connectivity index (χ1n) is 11.2. The molecule has 190 valence electrons. The third kappa shape index (κ3) is 8.73. The van der Waals surface area contributed by atoms with Crippen molar-refractivity contribution in [3.63, 3.8) is 0 Å². The summed E-state index contributed by atoms with van der Waals surface area (Å²) in [5.74, 6) is -3.93. The largest absolute Gasteiger partial charge is 0.480 e. The Kier molecular flexibility index (Phi) is 11.6. The summed E-state index contributed by atoms with van der Waals surface area (Å²) in [6.07, 6.45) is -2.07. The molecule has 1 aromatic rings. The van der Waals surface area contributed by atoms with E-state index in [-0.39, 0.29) is 12.3 Å². The molecular formula is C23H36N4O7. The Bertz CT molecular complexity index is 832. The zero-order valence-corrected chi connectivity index (χ0v) is 19.9. The molecule has 1 aromatic carbocycles. The minimum Gasteiger partial charge on any atom is -0.480 e. The average molecular weight is 481 g/mol. The Labute approximate surface area is 199 Å². The van der Waals surface area contributed by atoms with Crippen LogP contribution in [0.4, 0.5) is 0 Å². The van der Waals surface area contributed by atoms with Gasteiger partial charge in [0, 0.05) is 6.42 Å². The summed E-state index contributed by atoms with van der Waals surface area (Å²) in [5, 5.41) is 36.2. The first-order valence-corrected chi connectivity index (χ1v) is 11.2. The molecular weight excluding hydrogens is 444 g/mol. The summed E-state index contributed by atoms with van der Waals surface area (Å²) in [4.78, 5) is 49.7. The lowest BCUT2D eigenvalue weighted by Gasteiger charge is -2.27. The second kappa shape index (κ2) is 13.6. The van der Waals surface area contributed by atoms with Gasteiger partial charge in [0.15, 0.2) is 6.04 Å². The fourth-order valence-corrected chi connectivity index (χ4v) is 3.13. The van der Waals surface area contributed by atoms with Crippen molar-refractivity contribution >= 4 is 23.7 Å². The van der Waals surface area contributed by atoms with Crippen LogP contribution in [0.1, 0.15) is 39.7 Å². The Morgan fingerprint density at radius 3 is 1.85 bits per heavy atom. The van der Waals surface area contributed by atoms with Crippen molar-refractivity contribution in [3.8, 4) is 0 Å². The molecule has 3 amide bonds. The fourth-order valence-electron chi connectivity index (χ4n) is 3.13. The van der Waals surface area contributed by atoms with Gasteiger partial charge in [-0.25, -0.2) is 4.79 Å². The molecule has 0 spiro atoms. The lowest BCUT2D eigenvalue weighted by atomic mass is 9.98. The molecule has 0 aliphatic rings. The molecule has 7 unspecified atom stereocenters. The van der Waals surface area contributed by atoms with Gasteiger partial charge >= 0.3 is 5.97 Å². The van der Waals surface area contributed by atoms with Crippen LogP contribution < -0.4 is 21.7 Å². The van der Waals surface area contributed by atoms with E-state index in [1.165, 1.54) is 13.8 Å². The number of hydrogen-bond donors (Lipinski definition) is 7. The number of carboxylic acid groups (broad SMARTS) is 1. The quantitative estimate of drug-likeness (QED) is 0.185. The highest BCUT2D eigenvalue weighted by Gasteiger charge is 2.34. The monoisotopic (exact) mass is 480 g/mol. The Morgan fingerprint density at radius 2 is 1.38 bits per heavy atom. The maximum Gasteiger partial charge on any atom is 0.328 e. The van der Waals surface area contributed by atoms with Crippen LogP contribution >= 0.6 is 0 Å². The molecule has 8 N–H and O–H groups in total. The van der Waals surface area contributed by atoms with Crippen molar-refractivity contribution in [2.75, 3.05) is 0 Å². The zero-order chi connectivity index (χ0) is 26.0. The highest BCUT2D eigenvalue weighted by Crippen LogP contribution is 2.08. The fraction of sp³-hybridized carbons (Fsp3) is 0.565. The molecule has 11 heteroatoms. The molecule has 34 heavy (non-hydrogen) atoms. The maximum atomic E-state index is 13.0. The minimum absolute atomic E-state index is 0.00256. The van der Waals surface area contributed by atoms with Crippen LogP contribution in [0.3, 0.4) is 0 Å². The van der Waals surface area contributed by atoms with E-state index >= 15 is 0 Å². The molecule has 0 radical (unpaired) electrons. The number of benzene rings is 1. The molecule has 7 atom stereocenters. The predicted octanol–water partition coefficient (Wildman–Crippen LogP) is -1.10. The van der Waals surface area contributed by atoms with E-state index in [9.17, 15) is 34.5 Å². The Morgan fingerprint density at radius 1 is 0.853 bits per heavy atom. The average Bonchev–Trinajstić information content (AvgIpc) is 2.78. The predicted molar refractivity (Wildman–Crippen MR) is 124 cm³/mol. The molecule has 11 nitrogen and oxygen atoms in total. The van der Waals surface area contributed by atoms with Gasteiger partial charge in [0.2, 0.25) is 17.7 Å². The van der Waals surface area contributed by atoms with Crippen molar-refractivity contribution in [1.29, 1.82) is 0 Å². The first kappa shape index (κ1) is 29.0. The molecule has 0 bridgehead atoms. The smallest absolute Gasteiger partial charge is 0.328 e. The van der Waals surface area contributed by atoms with Crippen molar-refractivity contribution in [3.05, 3.63) is 35.9 Å². The summed E-state index contributed by atoms with van der Waals surface area (Å²) in [6, 6.07) is 3.52. The number of carbonyl (C=O) groups excluding carboxylic acids is 3. The van der Waals surface area contributed by atoms with Crippen LogP contribution in [-0.4, -0.2) is 75.4 Å². The van der Waals surface area contributed by atoms with Gasteiger partial charge in [0.25, 0.3) is 0 Å². The van der Waals surface area contributed by atoms with Crippen molar-refractivity contribution < 1.29 is 34.5 Å².